The van der Waals surface area contributed by atoms with Crippen molar-refractivity contribution in [2.45, 2.75) is 20.1 Å². The second-order valence-corrected chi connectivity index (χ2v) is 3.43. The first-order valence-electron chi connectivity index (χ1n) is 4.81. The third-order valence-corrected chi connectivity index (χ3v) is 1.82. The number of hydrogen-bond donors (Lipinski definition) is 2. The van der Waals surface area contributed by atoms with Crippen molar-refractivity contribution in [3.8, 4) is 0 Å². The van der Waals surface area contributed by atoms with Crippen molar-refractivity contribution in [1.29, 1.82) is 0 Å². The van der Waals surface area contributed by atoms with E-state index in [-0.39, 0.29) is 11.4 Å². The highest BCUT2D eigenvalue weighted by molar-refractivity contribution is 5.91. The van der Waals surface area contributed by atoms with Gasteiger partial charge in [0.15, 0.2) is 0 Å². The maximum atomic E-state index is 11.2. The van der Waals surface area contributed by atoms with Crippen LogP contribution in [0.1, 0.15) is 18.1 Å². The Morgan fingerprint density at radius 3 is 2.75 bits per heavy atom. The normalized spacial score (nSPS) is 11.9. The molecule has 1 atom stereocenters. The van der Waals surface area contributed by atoms with E-state index in [0.717, 1.165) is 11.1 Å². The van der Waals surface area contributed by atoms with Gasteiger partial charge in [0.1, 0.15) is 6.23 Å². The second kappa shape index (κ2) is 6.76. The predicted molar refractivity (Wildman–Crippen MR) is 63.7 cm³/mol. The van der Waals surface area contributed by atoms with E-state index in [4.69, 9.17) is 5.11 Å². The SMILES string of the molecule is Cc1cccc(/C=C/C(=O)NC(C)O)c1.O. The zero-order valence-electron chi connectivity index (χ0n) is 9.40. The first-order chi connectivity index (χ1) is 7.08. The minimum absolute atomic E-state index is 0. The van der Waals surface area contributed by atoms with Crippen LogP contribution in [0.3, 0.4) is 0 Å². The van der Waals surface area contributed by atoms with E-state index in [1.165, 1.54) is 13.0 Å². The number of aliphatic hydroxyl groups excluding tert-OH is 1. The van der Waals surface area contributed by atoms with Crippen LogP contribution in [0.4, 0.5) is 0 Å². The molecule has 0 fully saturated rings. The van der Waals surface area contributed by atoms with Gasteiger partial charge in [0.25, 0.3) is 0 Å². The van der Waals surface area contributed by atoms with Gasteiger partial charge in [-0.2, -0.15) is 0 Å². The Bertz CT molecular complexity index is 372. The molecule has 0 aliphatic heterocycles. The van der Waals surface area contributed by atoms with Gasteiger partial charge < -0.3 is 15.9 Å². The molecule has 1 aromatic carbocycles. The van der Waals surface area contributed by atoms with Gasteiger partial charge in [-0.3, -0.25) is 4.79 Å². The smallest absolute Gasteiger partial charge is 0.245 e. The van der Waals surface area contributed by atoms with Gasteiger partial charge in [0.05, 0.1) is 0 Å². The minimum Gasteiger partial charge on any atom is -0.412 e. The average Bonchev–Trinajstić information content (AvgIpc) is 2.14. The summed E-state index contributed by atoms with van der Waals surface area (Å²) in [6, 6.07) is 7.82. The molecule has 0 saturated heterocycles. The summed E-state index contributed by atoms with van der Waals surface area (Å²) in [4.78, 5) is 11.2. The lowest BCUT2D eigenvalue weighted by Crippen LogP contribution is -2.30. The largest absolute Gasteiger partial charge is 0.412 e. The summed E-state index contributed by atoms with van der Waals surface area (Å²) in [6.07, 6.45) is 2.30. The standard InChI is InChI=1S/C12H15NO2.H2O/c1-9-4-3-5-11(8-9)6-7-12(15)13-10(2)14;/h3-8,10,14H,1-2H3,(H,13,15);1H2/b7-6+;. The van der Waals surface area contributed by atoms with E-state index in [9.17, 15) is 4.79 Å². The van der Waals surface area contributed by atoms with E-state index in [1.54, 1.807) is 6.08 Å². The fraction of sp³-hybridized carbons (Fsp3) is 0.250. The van der Waals surface area contributed by atoms with Gasteiger partial charge in [-0.15, -0.1) is 0 Å². The maximum absolute atomic E-state index is 11.2. The number of amides is 1. The summed E-state index contributed by atoms with van der Waals surface area (Å²) in [7, 11) is 0. The first-order valence-corrected chi connectivity index (χ1v) is 4.81. The molecular weight excluding hydrogens is 206 g/mol. The Morgan fingerprint density at radius 2 is 2.19 bits per heavy atom. The van der Waals surface area contributed by atoms with E-state index in [2.05, 4.69) is 5.32 Å². The van der Waals surface area contributed by atoms with Gasteiger partial charge in [0, 0.05) is 6.08 Å². The van der Waals surface area contributed by atoms with E-state index in [0.29, 0.717) is 0 Å². The molecule has 1 unspecified atom stereocenters. The van der Waals surface area contributed by atoms with Gasteiger partial charge in [-0.1, -0.05) is 29.8 Å². The topological polar surface area (TPSA) is 80.8 Å². The molecular formula is C12H17NO3. The van der Waals surface area contributed by atoms with Crippen molar-refractivity contribution >= 4 is 12.0 Å². The molecule has 0 aliphatic carbocycles. The fourth-order valence-corrected chi connectivity index (χ4v) is 1.20. The number of benzene rings is 1. The highest BCUT2D eigenvalue weighted by Gasteiger charge is 1.98. The van der Waals surface area contributed by atoms with Crippen LogP contribution < -0.4 is 5.32 Å². The molecule has 4 nitrogen and oxygen atoms in total. The lowest BCUT2D eigenvalue weighted by molar-refractivity contribution is -0.118. The Labute approximate surface area is 94.9 Å². The molecule has 0 saturated carbocycles. The summed E-state index contributed by atoms with van der Waals surface area (Å²) in [5.41, 5.74) is 2.11. The van der Waals surface area contributed by atoms with Crippen molar-refractivity contribution in [3.63, 3.8) is 0 Å². The third-order valence-electron chi connectivity index (χ3n) is 1.82. The van der Waals surface area contributed by atoms with Crippen molar-refractivity contribution in [2.24, 2.45) is 0 Å². The summed E-state index contributed by atoms with van der Waals surface area (Å²) in [5, 5.41) is 11.3. The lowest BCUT2D eigenvalue weighted by atomic mass is 10.1. The van der Waals surface area contributed by atoms with Crippen LogP contribution in [0.5, 0.6) is 0 Å². The average molecular weight is 223 g/mol. The monoisotopic (exact) mass is 223 g/mol. The van der Waals surface area contributed by atoms with Crippen LogP contribution in [-0.4, -0.2) is 22.7 Å². The van der Waals surface area contributed by atoms with E-state index in [1.807, 2.05) is 31.2 Å². The molecule has 0 aliphatic rings. The number of aryl methyl sites for hydroxylation is 1. The summed E-state index contributed by atoms with van der Waals surface area (Å²) in [6.45, 7) is 3.49. The van der Waals surface area contributed by atoms with Crippen molar-refractivity contribution in [2.75, 3.05) is 0 Å². The number of aliphatic hydroxyl groups is 1. The molecule has 1 amide bonds. The van der Waals surface area contributed by atoms with Crippen LogP contribution >= 0.6 is 0 Å². The first kappa shape index (κ1) is 14.3. The summed E-state index contributed by atoms with van der Waals surface area (Å²) in [5.74, 6) is -0.300. The van der Waals surface area contributed by atoms with E-state index < -0.39 is 6.23 Å². The number of hydrogen-bond acceptors (Lipinski definition) is 2. The van der Waals surface area contributed by atoms with Crippen LogP contribution in [0, 0.1) is 6.92 Å². The van der Waals surface area contributed by atoms with Crippen LogP contribution in [0.15, 0.2) is 30.3 Å². The fourth-order valence-electron chi connectivity index (χ4n) is 1.20. The zero-order valence-corrected chi connectivity index (χ0v) is 9.40. The van der Waals surface area contributed by atoms with Crippen molar-refractivity contribution in [3.05, 3.63) is 41.5 Å². The van der Waals surface area contributed by atoms with E-state index >= 15 is 0 Å². The Kier molecular flexibility index (Phi) is 6.07. The van der Waals surface area contributed by atoms with Gasteiger partial charge in [0.2, 0.25) is 5.91 Å². The lowest BCUT2D eigenvalue weighted by Gasteiger charge is -2.03. The maximum Gasteiger partial charge on any atom is 0.245 e. The number of carbonyl (C=O) groups excluding carboxylic acids is 1. The number of rotatable bonds is 3. The van der Waals surface area contributed by atoms with Crippen LogP contribution in [-0.2, 0) is 4.79 Å². The highest BCUT2D eigenvalue weighted by atomic mass is 16.3. The molecule has 1 rings (SSSR count). The van der Waals surface area contributed by atoms with Gasteiger partial charge >= 0.3 is 0 Å². The Morgan fingerprint density at radius 1 is 1.50 bits per heavy atom. The molecule has 0 spiro atoms. The molecule has 16 heavy (non-hydrogen) atoms. The molecule has 0 heterocycles. The minimum atomic E-state index is -0.820. The van der Waals surface area contributed by atoms with Crippen LogP contribution in [0.2, 0.25) is 0 Å². The second-order valence-electron chi connectivity index (χ2n) is 3.43. The Hall–Kier alpha value is -1.65. The quantitative estimate of drug-likeness (QED) is 0.582. The van der Waals surface area contributed by atoms with Gasteiger partial charge in [-0.05, 0) is 25.5 Å². The Balaban J connectivity index is 0.00000225. The predicted octanol–water partition coefficient (Wildman–Crippen LogP) is 0.638. The highest BCUT2D eigenvalue weighted by Crippen LogP contribution is 2.05. The zero-order chi connectivity index (χ0) is 11.3. The molecule has 1 aromatic rings. The molecule has 0 bridgehead atoms. The van der Waals surface area contributed by atoms with Gasteiger partial charge in [-0.25, -0.2) is 0 Å². The molecule has 0 aromatic heterocycles. The molecule has 88 valence electrons. The molecule has 0 radical (unpaired) electrons. The molecule has 4 heteroatoms. The van der Waals surface area contributed by atoms with Crippen molar-refractivity contribution in [1.82, 2.24) is 5.32 Å². The van der Waals surface area contributed by atoms with Crippen LogP contribution in [0.25, 0.3) is 6.08 Å². The van der Waals surface area contributed by atoms with Crippen molar-refractivity contribution < 1.29 is 15.4 Å². The summed E-state index contributed by atoms with van der Waals surface area (Å²) < 4.78 is 0. The molecule has 4 N–H and O–H groups in total. The number of nitrogens with one attached hydrogen (secondary N) is 1. The number of carbonyl (C=O) groups is 1. The summed E-state index contributed by atoms with van der Waals surface area (Å²) >= 11 is 0. The third kappa shape index (κ3) is 5.29.